The van der Waals surface area contributed by atoms with Gasteiger partial charge in [0.1, 0.15) is 5.75 Å². The molecule has 152 valence electrons. The molecule has 5 heteroatoms. The predicted octanol–water partition coefficient (Wildman–Crippen LogP) is 4.75. The molecule has 0 aliphatic heterocycles. The number of amides is 1. The number of hydrogen-bond acceptors (Lipinski definition) is 4. The fraction of sp³-hybridized carbons (Fsp3) is 0.435. The SMILES string of the molecule is CCOc1ccc([C@H](C)NC(=O)CCOc2cc(C)ccc2C)cc1OCC. The lowest BCUT2D eigenvalue weighted by atomic mass is 10.1. The molecule has 2 rings (SSSR count). The molecule has 2 aromatic carbocycles. The lowest BCUT2D eigenvalue weighted by Gasteiger charge is -2.18. The van der Waals surface area contributed by atoms with Gasteiger partial charge in [-0.1, -0.05) is 18.2 Å². The average molecular weight is 386 g/mol. The third kappa shape index (κ3) is 6.19. The van der Waals surface area contributed by atoms with Crippen molar-refractivity contribution < 1.29 is 19.0 Å². The van der Waals surface area contributed by atoms with E-state index in [1.807, 2.05) is 71.0 Å². The van der Waals surface area contributed by atoms with Gasteiger partial charge in [0.25, 0.3) is 0 Å². The first kappa shape index (κ1) is 21.6. The Hall–Kier alpha value is -2.69. The third-order valence-corrected chi connectivity index (χ3v) is 4.38. The minimum absolute atomic E-state index is 0.0512. The zero-order chi connectivity index (χ0) is 20.5. The van der Waals surface area contributed by atoms with E-state index >= 15 is 0 Å². The lowest BCUT2D eigenvalue weighted by molar-refractivity contribution is -0.122. The van der Waals surface area contributed by atoms with E-state index in [2.05, 4.69) is 5.32 Å². The molecule has 0 bridgehead atoms. The zero-order valence-corrected chi connectivity index (χ0v) is 17.5. The van der Waals surface area contributed by atoms with E-state index in [-0.39, 0.29) is 11.9 Å². The van der Waals surface area contributed by atoms with E-state index in [1.54, 1.807) is 0 Å². The van der Waals surface area contributed by atoms with Gasteiger partial charge >= 0.3 is 0 Å². The van der Waals surface area contributed by atoms with Crippen molar-refractivity contribution >= 4 is 5.91 Å². The van der Waals surface area contributed by atoms with Gasteiger partial charge in [-0.05, 0) is 69.5 Å². The summed E-state index contributed by atoms with van der Waals surface area (Å²) in [5.41, 5.74) is 3.17. The maximum absolute atomic E-state index is 12.3. The molecule has 1 amide bonds. The fourth-order valence-electron chi connectivity index (χ4n) is 2.85. The Morgan fingerprint density at radius 3 is 2.36 bits per heavy atom. The number of hydrogen-bond donors (Lipinski definition) is 1. The Bertz CT molecular complexity index is 788. The predicted molar refractivity (Wildman–Crippen MR) is 111 cm³/mol. The molecular weight excluding hydrogens is 354 g/mol. The second kappa shape index (κ2) is 10.6. The van der Waals surface area contributed by atoms with Crippen LogP contribution in [-0.2, 0) is 4.79 Å². The van der Waals surface area contributed by atoms with Gasteiger partial charge in [0.05, 0.1) is 32.3 Å². The normalized spacial score (nSPS) is 11.6. The minimum Gasteiger partial charge on any atom is -0.493 e. The lowest BCUT2D eigenvalue weighted by Crippen LogP contribution is -2.28. The molecule has 0 fully saturated rings. The van der Waals surface area contributed by atoms with Crippen LogP contribution in [0.25, 0.3) is 0 Å². The monoisotopic (exact) mass is 385 g/mol. The first-order chi connectivity index (χ1) is 13.4. The first-order valence-corrected chi connectivity index (χ1v) is 9.83. The number of benzene rings is 2. The van der Waals surface area contributed by atoms with Crippen LogP contribution >= 0.6 is 0 Å². The van der Waals surface area contributed by atoms with Gasteiger partial charge in [0.2, 0.25) is 5.91 Å². The highest BCUT2D eigenvalue weighted by Crippen LogP contribution is 2.30. The Kier molecular flexibility index (Phi) is 8.18. The first-order valence-electron chi connectivity index (χ1n) is 9.83. The number of carbonyl (C=O) groups is 1. The van der Waals surface area contributed by atoms with Gasteiger partial charge in [0, 0.05) is 0 Å². The summed E-state index contributed by atoms with van der Waals surface area (Å²) in [5, 5.41) is 3.01. The third-order valence-electron chi connectivity index (χ3n) is 4.38. The van der Waals surface area contributed by atoms with Crippen molar-refractivity contribution in [2.45, 2.75) is 47.1 Å². The highest BCUT2D eigenvalue weighted by atomic mass is 16.5. The molecule has 0 aromatic heterocycles. The summed E-state index contributed by atoms with van der Waals surface area (Å²) in [6.45, 7) is 11.3. The van der Waals surface area contributed by atoms with Crippen molar-refractivity contribution in [1.29, 1.82) is 0 Å². The Labute approximate surface area is 168 Å². The molecule has 1 atom stereocenters. The van der Waals surface area contributed by atoms with Gasteiger partial charge < -0.3 is 19.5 Å². The van der Waals surface area contributed by atoms with Crippen LogP contribution in [0.1, 0.15) is 49.9 Å². The Morgan fingerprint density at radius 2 is 1.64 bits per heavy atom. The summed E-state index contributed by atoms with van der Waals surface area (Å²) < 4.78 is 17.0. The van der Waals surface area contributed by atoms with Crippen molar-refractivity contribution in [2.75, 3.05) is 19.8 Å². The second-order valence-corrected chi connectivity index (χ2v) is 6.73. The van der Waals surface area contributed by atoms with Gasteiger partial charge in [0.15, 0.2) is 11.5 Å². The summed E-state index contributed by atoms with van der Waals surface area (Å²) in [6, 6.07) is 11.7. The zero-order valence-electron chi connectivity index (χ0n) is 17.5. The van der Waals surface area contributed by atoms with E-state index < -0.39 is 0 Å². The Morgan fingerprint density at radius 1 is 0.929 bits per heavy atom. The quantitative estimate of drug-likeness (QED) is 0.641. The highest BCUT2D eigenvalue weighted by molar-refractivity contribution is 5.76. The smallest absolute Gasteiger partial charge is 0.223 e. The van der Waals surface area contributed by atoms with Crippen LogP contribution in [-0.4, -0.2) is 25.7 Å². The maximum atomic E-state index is 12.3. The summed E-state index contributed by atoms with van der Waals surface area (Å²) in [4.78, 5) is 12.3. The largest absolute Gasteiger partial charge is 0.493 e. The number of nitrogens with one attached hydrogen (secondary N) is 1. The van der Waals surface area contributed by atoms with Crippen LogP contribution in [0.2, 0.25) is 0 Å². The average Bonchev–Trinajstić information content (AvgIpc) is 2.66. The van der Waals surface area contributed by atoms with Gasteiger partial charge in [-0.2, -0.15) is 0 Å². The molecule has 0 radical (unpaired) electrons. The molecule has 0 heterocycles. The molecule has 0 saturated carbocycles. The maximum Gasteiger partial charge on any atom is 0.223 e. The minimum atomic E-state index is -0.136. The van der Waals surface area contributed by atoms with Crippen LogP contribution in [0, 0.1) is 13.8 Å². The Balaban J connectivity index is 1.91. The number of carbonyl (C=O) groups excluding carboxylic acids is 1. The van der Waals surface area contributed by atoms with Crippen LogP contribution in [0.4, 0.5) is 0 Å². The number of ether oxygens (including phenoxy) is 3. The van der Waals surface area contributed by atoms with Crippen LogP contribution < -0.4 is 19.5 Å². The molecule has 28 heavy (non-hydrogen) atoms. The fourth-order valence-corrected chi connectivity index (χ4v) is 2.85. The molecule has 0 aliphatic rings. The van der Waals surface area contributed by atoms with Crippen molar-refractivity contribution in [3.05, 3.63) is 53.1 Å². The van der Waals surface area contributed by atoms with Crippen molar-refractivity contribution in [2.24, 2.45) is 0 Å². The van der Waals surface area contributed by atoms with Crippen LogP contribution in [0.3, 0.4) is 0 Å². The summed E-state index contributed by atoms with van der Waals surface area (Å²) >= 11 is 0. The van der Waals surface area contributed by atoms with Gasteiger partial charge in [-0.25, -0.2) is 0 Å². The molecule has 2 aromatic rings. The summed E-state index contributed by atoms with van der Waals surface area (Å²) in [7, 11) is 0. The summed E-state index contributed by atoms with van der Waals surface area (Å²) in [5.74, 6) is 2.19. The summed E-state index contributed by atoms with van der Waals surface area (Å²) in [6.07, 6.45) is 0.299. The number of aryl methyl sites for hydroxylation is 2. The molecule has 0 aliphatic carbocycles. The second-order valence-electron chi connectivity index (χ2n) is 6.73. The van der Waals surface area contributed by atoms with E-state index in [0.717, 1.165) is 22.4 Å². The highest BCUT2D eigenvalue weighted by Gasteiger charge is 2.13. The molecule has 1 N–H and O–H groups in total. The van der Waals surface area contributed by atoms with E-state index in [0.29, 0.717) is 37.7 Å². The van der Waals surface area contributed by atoms with E-state index in [9.17, 15) is 4.79 Å². The van der Waals surface area contributed by atoms with E-state index in [4.69, 9.17) is 14.2 Å². The number of rotatable bonds is 10. The molecule has 0 spiro atoms. The van der Waals surface area contributed by atoms with Crippen LogP contribution in [0.15, 0.2) is 36.4 Å². The topological polar surface area (TPSA) is 56.8 Å². The molecule has 5 nitrogen and oxygen atoms in total. The molecular formula is C23H31NO4. The van der Waals surface area contributed by atoms with Gasteiger partial charge in [-0.15, -0.1) is 0 Å². The van der Waals surface area contributed by atoms with Crippen molar-refractivity contribution in [1.82, 2.24) is 5.32 Å². The van der Waals surface area contributed by atoms with Gasteiger partial charge in [-0.3, -0.25) is 4.79 Å². The van der Waals surface area contributed by atoms with Crippen LogP contribution in [0.5, 0.6) is 17.2 Å². The van der Waals surface area contributed by atoms with E-state index in [1.165, 1.54) is 0 Å². The van der Waals surface area contributed by atoms with Crippen molar-refractivity contribution in [3.8, 4) is 17.2 Å². The molecule has 0 unspecified atom stereocenters. The van der Waals surface area contributed by atoms with Crippen molar-refractivity contribution in [3.63, 3.8) is 0 Å². The molecule has 0 saturated heterocycles. The standard InChI is InChI=1S/C23H31NO4/c1-6-26-20-11-10-19(15-22(20)27-7-2)18(5)24-23(25)12-13-28-21-14-16(3)8-9-17(21)4/h8-11,14-15,18H,6-7,12-13H2,1-5H3,(H,24,25)/t18-/m0/s1.